The second kappa shape index (κ2) is 4.58. The molecule has 0 aliphatic carbocycles. The first-order valence-corrected chi connectivity index (χ1v) is 4.50. The fourth-order valence-electron chi connectivity index (χ4n) is 1.19. The number of hydrogen-bond donors (Lipinski definition) is 1. The number of isocyanates is 1. The van der Waals surface area contributed by atoms with Gasteiger partial charge in [-0.2, -0.15) is 0 Å². The fourth-order valence-corrected chi connectivity index (χ4v) is 1.19. The van der Waals surface area contributed by atoms with Gasteiger partial charge in [0.25, 0.3) is 0 Å². The molecule has 0 heterocycles. The molecule has 0 spiro atoms. The highest BCUT2D eigenvalue weighted by Gasteiger charge is 2.04. The number of phenolic OH excluding ortho intramolecular Hbond substituents is 1. The minimum Gasteiger partial charge on any atom is -0.508 e. The van der Waals surface area contributed by atoms with Gasteiger partial charge in [-0.05, 0) is 17.5 Å². The Hall–Kier alpha value is -1.60. The summed E-state index contributed by atoms with van der Waals surface area (Å²) in [6, 6.07) is 5.42. The molecule has 1 N–H and O–H groups in total. The number of carbonyl (C=O) groups excluding carboxylic acids is 1. The van der Waals surface area contributed by atoms with Gasteiger partial charge < -0.3 is 5.11 Å². The number of rotatable bonds is 3. The zero-order valence-corrected chi connectivity index (χ0v) is 8.32. The molecular formula is C11H13NO2. The number of hydrogen-bond acceptors (Lipinski definition) is 3. The van der Waals surface area contributed by atoms with E-state index in [2.05, 4.69) is 18.8 Å². The van der Waals surface area contributed by atoms with Crippen molar-refractivity contribution in [3.8, 4) is 5.75 Å². The first kappa shape index (κ1) is 10.5. The van der Waals surface area contributed by atoms with Crippen LogP contribution in [0.2, 0.25) is 0 Å². The summed E-state index contributed by atoms with van der Waals surface area (Å²) in [7, 11) is 0. The molecule has 0 aliphatic rings. The second-order valence-corrected chi connectivity index (χ2v) is 3.45. The molecule has 1 rings (SSSR count). The van der Waals surface area contributed by atoms with Crippen molar-refractivity contribution in [2.24, 2.45) is 4.99 Å². The predicted octanol–water partition coefficient (Wildman–Crippen LogP) is 2.35. The van der Waals surface area contributed by atoms with Crippen LogP contribution in [-0.2, 0) is 11.3 Å². The maximum Gasteiger partial charge on any atom is 0.235 e. The van der Waals surface area contributed by atoms with Crippen LogP contribution in [-0.4, -0.2) is 11.2 Å². The summed E-state index contributed by atoms with van der Waals surface area (Å²) in [6.07, 6.45) is 1.44. The van der Waals surface area contributed by atoms with Crippen molar-refractivity contribution >= 4 is 6.08 Å². The van der Waals surface area contributed by atoms with Crippen molar-refractivity contribution < 1.29 is 9.90 Å². The number of benzene rings is 1. The number of nitrogens with zero attached hydrogens (tertiary/aromatic N) is 1. The van der Waals surface area contributed by atoms with E-state index in [9.17, 15) is 9.90 Å². The summed E-state index contributed by atoms with van der Waals surface area (Å²) in [5, 5.41) is 9.58. The minimum atomic E-state index is 0.188. The summed E-state index contributed by atoms with van der Waals surface area (Å²) in [5.74, 6) is 0.569. The van der Waals surface area contributed by atoms with E-state index in [0.29, 0.717) is 11.5 Å². The first-order valence-electron chi connectivity index (χ1n) is 4.50. The summed E-state index contributed by atoms with van der Waals surface area (Å²) in [5.41, 5.74) is 1.72. The lowest BCUT2D eigenvalue weighted by Gasteiger charge is -2.07. The zero-order chi connectivity index (χ0) is 10.6. The summed E-state index contributed by atoms with van der Waals surface area (Å²) in [4.78, 5) is 13.3. The smallest absolute Gasteiger partial charge is 0.235 e. The molecule has 0 saturated heterocycles. The molecule has 0 aliphatic heterocycles. The van der Waals surface area contributed by atoms with Crippen LogP contribution in [0.3, 0.4) is 0 Å². The Morgan fingerprint density at radius 1 is 1.50 bits per heavy atom. The molecule has 0 aromatic heterocycles. The molecule has 0 saturated carbocycles. The molecule has 1 aromatic rings. The monoisotopic (exact) mass is 191 g/mol. The summed E-state index contributed by atoms with van der Waals surface area (Å²) >= 11 is 0. The van der Waals surface area contributed by atoms with Gasteiger partial charge in [-0.15, -0.1) is 0 Å². The normalized spacial score (nSPS) is 9.93. The average Bonchev–Trinajstić information content (AvgIpc) is 2.15. The highest BCUT2D eigenvalue weighted by atomic mass is 16.3. The molecule has 0 unspecified atom stereocenters. The van der Waals surface area contributed by atoms with Crippen LogP contribution >= 0.6 is 0 Å². The van der Waals surface area contributed by atoms with Crippen LogP contribution in [0.15, 0.2) is 23.2 Å². The molecule has 3 nitrogen and oxygen atoms in total. The Kier molecular flexibility index (Phi) is 3.43. The number of phenols is 1. The largest absolute Gasteiger partial charge is 0.508 e. The van der Waals surface area contributed by atoms with Crippen molar-refractivity contribution in [3.05, 3.63) is 29.3 Å². The lowest BCUT2D eigenvalue weighted by Crippen LogP contribution is -1.89. The topological polar surface area (TPSA) is 49.7 Å². The van der Waals surface area contributed by atoms with E-state index in [1.807, 2.05) is 6.07 Å². The van der Waals surface area contributed by atoms with Gasteiger partial charge in [0.15, 0.2) is 0 Å². The van der Waals surface area contributed by atoms with E-state index >= 15 is 0 Å². The maximum absolute atomic E-state index is 9.89. The van der Waals surface area contributed by atoms with E-state index in [0.717, 1.165) is 5.56 Å². The lowest BCUT2D eigenvalue weighted by molar-refractivity contribution is 0.467. The van der Waals surface area contributed by atoms with Crippen molar-refractivity contribution in [2.75, 3.05) is 0 Å². The van der Waals surface area contributed by atoms with Crippen LogP contribution < -0.4 is 0 Å². The molecule has 0 radical (unpaired) electrons. The Morgan fingerprint density at radius 2 is 2.21 bits per heavy atom. The van der Waals surface area contributed by atoms with Gasteiger partial charge in [0.05, 0.1) is 6.54 Å². The standard InChI is InChI=1S/C11H13NO2/c1-8(2)9-3-4-10(6-12-7-13)11(14)5-9/h3-5,8,14H,6H2,1-2H3. The lowest BCUT2D eigenvalue weighted by atomic mass is 10.0. The van der Waals surface area contributed by atoms with Gasteiger partial charge in [-0.25, -0.2) is 9.79 Å². The summed E-state index contributed by atoms with van der Waals surface area (Å²) < 4.78 is 0. The summed E-state index contributed by atoms with van der Waals surface area (Å²) in [6.45, 7) is 4.30. The van der Waals surface area contributed by atoms with Crippen LogP contribution in [0.4, 0.5) is 0 Å². The van der Waals surface area contributed by atoms with Gasteiger partial charge in [0, 0.05) is 5.56 Å². The third-order valence-electron chi connectivity index (χ3n) is 2.09. The molecule has 0 atom stereocenters. The SMILES string of the molecule is CC(C)c1ccc(CN=C=O)c(O)c1. The van der Waals surface area contributed by atoms with E-state index in [1.165, 1.54) is 6.08 Å². The third kappa shape index (κ3) is 2.44. The molecule has 74 valence electrons. The quantitative estimate of drug-likeness (QED) is 0.589. The molecular weight excluding hydrogens is 178 g/mol. The highest BCUT2D eigenvalue weighted by molar-refractivity contribution is 5.39. The van der Waals surface area contributed by atoms with Gasteiger partial charge in [0.2, 0.25) is 6.08 Å². The molecule has 0 amide bonds. The van der Waals surface area contributed by atoms with Gasteiger partial charge in [0.1, 0.15) is 5.75 Å². The first-order chi connectivity index (χ1) is 6.65. The predicted molar refractivity (Wildman–Crippen MR) is 54.0 cm³/mol. The van der Waals surface area contributed by atoms with Gasteiger partial charge in [-0.1, -0.05) is 26.0 Å². The van der Waals surface area contributed by atoms with E-state index in [1.54, 1.807) is 12.1 Å². The Balaban J connectivity index is 2.95. The Morgan fingerprint density at radius 3 is 2.71 bits per heavy atom. The van der Waals surface area contributed by atoms with Crippen LogP contribution in [0, 0.1) is 0 Å². The van der Waals surface area contributed by atoms with E-state index in [4.69, 9.17) is 0 Å². The molecule has 0 bridgehead atoms. The van der Waals surface area contributed by atoms with Crippen LogP contribution in [0.25, 0.3) is 0 Å². The van der Waals surface area contributed by atoms with E-state index < -0.39 is 0 Å². The van der Waals surface area contributed by atoms with Crippen molar-refractivity contribution in [3.63, 3.8) is 0 Å². The van der Waals surface area contributed by atoms with Crippen molar-refractivity contribution in [1.29, 1.82) is 0 Å². The highest BCUT2D eigenvalue weighted by Crippen LogP contribution is 2.23. The average molecular weight is 191 g/mol. The van der Waals surface area contributed by atoms with Gasteiger partial charge >= 0.3 is 0 Å². The fraction of sp³-hybridized carbons (Fsp3) is 0.364. The maximum atomic E-state index is 9.89. The van der Waals surface area contributed by atoms with Crippen LogP contribution in [0.5, 0.6) is 5.75 Å². The molecule has 3 heteroatoms. The molecule has 14 heavy (non-hydrogen) atoms. The number of aromatic hydroxyl groups is 1. The third-order valence-corrected chi connectivity index (χ3v) is 2.09. The van der Waals surface area contributed by atoms with Crippen LogP contribution in [0.1, 0.15) is 30.9 Å². The Bertz CT molecular complexity index is 366. The zero-order valence-electron chi connectivity index (χ0n) is 8.32. The Labute approximate surface area is 83.1 Å². The second-order valence-electron chi connectivity index (χ2n) is 3.45. The van der Waals surface area contributed by atoms with Gasteiger partial charge in [-0.3, -0.25) is 0 Å². The molecule has 1 aromatic carbocycles. The molecule has 0 fully saturated rings. The van der Waals surface area contributed by atoms with Crippen molar-refractivity contribution in [1.82, 2.24) is 0 Å². The number of aliphatic imine (C=N–C) groups is 1. The van der Waals surface area contributed by atoms with Crippen molar-refractivity contribution in [2.45, 2.75) is 26.3 Å². The minimum absolute atomic E-state index is 0.188. The van der Waals surface area contributed by atoms with E-state index in [-0.39, 0.29) is 12.3 Å².